The van der Waals surface area contributed by atoms with E-state index < -0.39 is 33.8 Å². The number of rotatable bonds is 8. The molecule has 0 atom stereocenters. The Morgan fingerprint density at radius 2 is 1.80 bits per heavy atom. The van der Waals surface area contributed by atoms with Crippen LogP contribution in [0.4, 0.5) is 8.78 Å². The number of benzene rings is 1. The van der Waals surface area contributed by atoms with Crippen molar-refractivity contribution in [3.8, 4) is 17.1 Å². The largest absolute Gasteiger partial charge is 0.480 e. The Labute approximate surface area is 257 Å². The van der Waals surface area contributed by atoms with E-state index in [1.807, 2.05) is 0 Å². The lowest BCUT2D eigenvalue weighted by Crippen LogP contribution is -2.41. The van der Waals surface area contributed by atoms with Crippen LogP contribution in [-0.2, 0) is 20.1 Å². The van der Waals surface area contributed by atoms with Crippen LogP contribution in [0, 0.1) is 11.6 Å². The molecule has 4 heterocycles. The molecule has 12 nitrogen and oxygen atoms in total. The van der Waals surface area contributed by atoms with Gasteiger partial charge in [-0.2, -0.15) is 5.10 Å². The number of amides is 1. The zero-order chi connectivity index (χ0) is 31.9. The van der Waals surface area contributed by atoms with Crippen LogP contribution in [0.5, 0.6) is 5.88 Å². The molecular formula is C28H24Cl2F2N8O4. The minimum atomic E-state index is -1.24. The fraction of sp³-hybridized carbons (Fsp3) is 0.250. The lowest BCUT2D eigenvalue weighted by Gasteiger charge is -2.17. The molecule has 0 saturated heterocycles. The summed E-state index contributed by atoms with van der Waals surface area (Å²) < 4.78 is 37.2. The minimum absolute atomic E-state index is 0.00297. The Balaban J connectivity index is 1.79. The molecule has 5 rings (SSSR count). The maximum absolute atomic E-state index is 14.3. The molecule has 44 heavy (non-hydrogen) atoms. The monoisotopic (exact) mass is 644 g/mol. The van der Waals surface area contributed by atoms with Crippen LogP contribution >= 0.6 is 23.2 Å². The van der Waals surface area contributed by atoms with Gasteiger partial charge in [0.2, 0.25) is 5.88 Å². The highest BCUT2D eigenvalue weighted by Gasteiger charge is 2.23. The van der Waals surface area contributed by atoms with Gasteiger partial charge >= 0.3 is 5.69 Å². The molecule has 1 amide bonds. The Morgan fingerprint density at radius 3 is 2.43 bits per heavy atom. The number of fused-ring (bicyclic) bond motifs is 1. The van der Waals surface area contributed by atoms with Gasteiger partial charge in [0.15, 0.2) is 23.0 Å². The van der Waals surface area contributed by atoms with Crippen molar-refractivity contribution in [2.75, 3.05) is 7.11 Å². The number of hydrogen-bond acceptors (Lipinski definition) is 8. The highest BCUT2D eigenvalue weighted by molar-refractivity contribution is 6.33. The molecule has 0 aliphatic rings. The van der Waals surface area contributed by atoms with Crippen LogP contribution in [0.15, 0.2) is 46.2 Å². The van der Waals surface area contributed by atoms with Gasteiger partial charge in [-0.1, -0.05) is 23.2 Å². The molecule has 1 aromatic carbocycles. The van der Waals surface area contributed by atoms with E-state index in [9.17, 15) is 23.2 Å². The summed E-state index contributed by atoms with van der Waals surface area (Å²) in [6, 6.07) is 6.22. The second kappa shape index (κ2) is 12.1. The van der Waals surface area contributed by atoms with E-state index in [-0.39, 0.29) is 69.4 Å². The molecule has 228 valence electrons. The second-order valence-electron chi connectivity index (χ2n) is 10.0. The van der Waals surface area contributed by atoms with Crippen molar-refractivity contribution in [3.63, 3.8) is 0 Å². The molecule has 5 aromatic rings. The van der Waals surface area contributed by atoms with Crippen molar-refractivity contribution in [1.82, 2.24) is 39.2 Å². The van der Waals surface area contributed by atoms with Gasteiger partial charge in [0.25, 0.3) is 11.5 Å². The summed E-state index contributed by atoms with van der Waals surface area (Å²) >= 11 is 12.4. The van der Waals surface area contributed by atoms with E-state index in [4.69, 9.17) is 27.9 Å². The first-order valence-electron chi connectivity index (χ1n) is 13.1. The van der Waals surface area contributed by atoms with E-state index in [1.54, 1.807) is 20.9 Å². The number of carbonyl (C=O) groups is 1. The smallest absolute Gasteiger partial charge is 0.332 e. The predicted octanol–water partition coefficient (Wildman–Crippen LogP) is 3.58. The Hall–Kier alpha value is -4.69. The summed E-state index contributed by atoms with van der Waals surface area (Å²) in [5, 5.41) is 6.52. The third-order valence-corrected chi connectivity index (χ3v) is 7.03. The van der Waals surface area contributed by atoms with Crippen LogP contribution in [0.25, 0.3) is 22.3 Å². The van der Waals surface area contributed by atoms with E-state index in [0.29, 0.717) is 0 Å². The van der Waals surface area contributed by atoms with Gasteiger partial charge < -0.3 is 10.1 Å². The van der Waals surface area contributed by atoms with Gasteiger partial charge in [0.05, 0.1) is 47.0 Å². The Bertz CT molecular complexity index is 2040. The first-order valence-corrected chi connectivity index (χ1v) is 13.8. The molecule has 0 fully saturated rings. The number of halogens is 4. The summed E-state index contributed by atoms with van der Waals surface area (Å²) in [7, 11) is 2.94. The highest BCUT2D eigenvalue weighted by atomic mass is 35.5. The van der Waals surface area contributed by atoms with E-state index >= 15 is 0 Å². The molecule has 0 aliphatic carbocycles. The van der Waals surface area contributed by atoms with Crippen molar-refractivity contribution in [2.24, 2.45) is 7.05 Å². The molecular weight excluding hydrogens is 621 g/mol. The Morgan fingerprint density at radius 1 is 1.05 bits per heavy atom. The number of methoxy groups -OCH3 is 1. The van der Waals surface area contributed by atoms with E-state index in [1.165, 1.54) is 42.4 Å². The van der Waals surface area contributed by atoms with Gasteiger partial charge in [-0.05, 0) is 49.7 Å². The van der Waals surface area contributed by atoms with Crippen LogP contribution in [0.1, 0.15) is 35.7 Å². The lowest BCUT2D eigenvalue weighted by molar-refractivity contribution is 0.0938. The summed E-state index contributed by atoms with van der Waals surface area (Å²) in [5.41, 5.74) is -1.39. The number of carbonyl (C=O) groups excluding carboxylic acids is 1. The molecule has 16 heteroatoms. The Kier molecular flexibility index (Phi) is 8.48. The average molecular weight is 645 g/mol. The minimum Gasteiger partial charge on any atom is -0.480 e. The molecule has 0 radical (unpaired) electrons. The number of nitrogens with one attached hydrogen (secondary N) is 1. The quantitative estimate of drug-likeness (QED) is 0.253. The number of ether oxygens (including phenoxy) is 1. The number of pyridine rings is 2. The maximum Gasteiger partial charge on any atom is 0.332 e. The molecule has 0 bridgehead atoms. The van der Waals surface area contributed by atoms with Crippen LogP contribution in [0.3, 0.4) is 0 Å². The van der Waals surface area contributed by atoms with Crippen molar-refractivity contribution in [3.05, 3.63) is 96.3 Å². The first kappa shape index (κ1) is 30.8. The van der Waals surface area contributed by atoms with Crippen molar-refractivity contribution in [1.29, 1.82) is 0 Å². The fourth-order valence-corrected chi connectivity index (χ4v) is 4.94. The predicted molar refractivity (Wildman–Crippen MR) is 158 cm³/mol. The van der Waals surface area contributed by atoms with E-state index in [2.05, 4.69) is 25.4 Å². The van der Waals surface area contributed by atoms with Crippen molar-refractivity contribution in [2.45, 2.75) is 33.0 Å². The average Bonchev–Trinajstić information content (AvgIpc) is 3.39. The van der Waals surface area contributed by atoms with Crippen LogP contribution < -0.4 is 21.3 Å². The van der Waals surface area contributed by atoms with Gasteiger partial charge in [0.1, 0.15) is 12.0 Å². The zero-order valence-corrected chi connectivity index (χ0v) is 25.2. The van der Waals surface area contributed by atoms with Crippen molar-refractivity contribution >= 4 is 40.1 Å². The second-order valence-corrected chi connectivity index (χ2v) is 10.9. The molecule has 0 aliphatic heterocycles. The summed E-state index contributed by atoms with van der Waals surface area (Å²) in [5.74, 6) is -2.82. The fourth-order valence-electron chi connectivity index (χ4n) is 4.50. The zero-order valence-electron chi connectivity index (χ0n) is 23.7. The van der Waals surface area contributed by atoms with Crippen molar-refractivity contribution < 1.29 is 18.3 Å². The van der Waals surface area contributed by atoms with Gasteiger partial charge in [0, 0.05) is 13.1 Å². The number of aryl methyl sites for hydroxylation is 1. The third-order valence-electron chi connectivity index (χ3n) is 6.45. The highest BCUT2D eigenvalue weighted by Crippen LogP contribution is 2.34. The molecule has 0 spiro atoms. The standard InChI is InChI=1S/C28H24Cl2F2N8O4/c1-13(2)34-25(41)19-6-5-16(29)23(35-19)15-9-20-24(36-26(15)44-4)27(42)40(11-21-33-12-38(3)37-21)28(43)39(20)10-14-7-17(30)22(32)18(31)8-14/h5-9,12-13H,10-11H2,1-4H3,(H,34,41). The molecule has 1 N–H and O–H groups in total. The summed E-state index contributed by atoms with van der Waals surface area (Å²) in [6.07, 6.45) is 1.41. The number of hydrogen-bond donors (Lipinski definition) is 1. The third kappa shape index (κ3) is 5.90. The van der Waals surface area contributed by atoms with E-state index in [0.717, 1.165) is 15.2 Å². The lowest BCUT2D eigenvalue weighted by atomic mass is 10.1. The summed E-state index contributed by atoms with van der Waals surface area (Å²) in [4.78, 5) is 53.2. The van der Waals surface area contributed by atoms with Gasteiger partial charge in [-0.3, -0.25) is 23.4 Å². The van der Waals surface area contributed by atoms with Gasteiger partial charge in [-0.15, -0.1) is 0 Å². The van der Waals surface area contributed by atoms with Crippen LogP contribution in [0.2, 0.25) is 10.0 Å². The molecule has 4 aromatic heterocycles. The number of nitrogens with zero attached hydrogens (tertiary/aromatic N) is 7. The summed E-state index contributed by atoms with van der Waals surface area (Å²) in [6.45, 7) is 2.94. The number of aromatic nitrogens is 7. The van der Waals surface area contributed by atoms with Crippen LogP contribution in [-0.4, -0.2) is 52.9 Å². The first-order chi connectivity index (χ1) is 20.9. The topological polar surface area (TPSA) is 139 Å². The SMILES string of the molecule is COc1nc2c(=O)n(Cc3ncn(C)n3)c(=O)n(Cc3cc(F)c(F)c(Cl)c3)c2cc1-c1nc(C(=O)NC(C)C)ccc1Cl. The molecule has 0 unspecified atom stereocenters. The van der Waals surface area contributed by atoms with Gasteiger partial charge in [-0.25, -0.2) is 28.5 Å². The molecule has 0 saturated carbocycles. The maximum atomic E-state index is 14.3. The normalized spacial score (nSPS) is 11.4.